The number of para-hydroxylation sites is 1. The lowest BCUT2D eigenvalue weighted by Gasteiger charge is -2.08. The lowest BCUT2D eigenvalue weighted by atomic mass is 10.1. The minimum atomic E-state index is -0.637. The lowest BCUT2D eigenvalue weighted by Crippen LogP contribution is -2.16. The van der Waals surface area contributed by atoms with Crippen molar-refractivity contribution < 1.29 is 14.5 Å². The van der Waals surface area contributed by atoms with Gasteiger partial charge in [0.1, 0.15) is 0 Å². The maximum absolute atomic E-state index is 13.0. The highest BCUT2D eigenvalue weighted by atomic mass is 79.9. The van der Waals surface area contributed by atoms with Crippen LogP contribution in [0.25, 0.3) is 10.9 Å². The number of hydrogen-bond acceptors (Lipinski definition) is 4. The predicted molar refractivity (Wildman–Crippen MR) is 95.7 cm³/mol. The van der Waals surface area contributed by atoms with Gasteiger partial charge in [0.25, 0.3) is 17.5 Å². The normalized spacial score (nSPS) is 10.8. The molecule has 1 aromatic heterocycles. The predicted octanol–water partition coefficient (Wildman–Crippen LogP) is 3.41. The van der Waals surface area contributed by atoms with Crippen LogP contribution in [0, 0.1) is 17.0 Å². The molecule has 25 heavy (non-hydrogen) atoms. The molecule has 0 aliphatic rings. The van der Waals surface area contributed by atoms with Crippen molar-refractivity contribution in [3.63, 3.8) is 0 Å². The molecule has 1 amide bonds. The number of nitro groups is 1. The van der Waals surface area contributed by atoms with Gasteiger partial charge in [0.15, 0.2) is 0 Å². The Balaban J connectivity index is 2.25. The second-order valence-electron chi connectivity index (χ2n) is 5.41. The van der Waals surface area contributed by atoms with Crippen molar-refractivity contribution in [2.24, 2.45) is 5.73 Å². The first-order valence-electron chi connectivity index (χ1n) is 7.21. The number of carbonyl (C=O) groups excluding carboxylic acids is 2. The van der Waals surface area contributed by atoms with Gasteiger partial charge in [0.2, 0.25) is 0 Å². The van der Waals surface area contributed by atoms with Crippen molar-refractivity contribution >= 4 is 44.3 Å². The number of fused-ring (bicyclic) bond motifs is 1. The summed E-state index contributed by atoms with van der Waals surface area (Å²) in [5.41, 5.74) is 6.55. The Bertz CT molecular complexity index is 1060. The van der Waals surface area contributed by atoms with Crippen LogP contribution in [0.15, 0.2) is 46.9 Å². The Kier molecular flexibility index (Phi) is 4.13. The molecule has 8 heteroatoms. The molecule has 2 aromatic carbocycles. The molecule has 0 unspecified atom stereocenters. The van der Waals surface area contributed by atoms with Crippen LogP contribution in [0.3, 0.4) is 0 Å². The first kappa shape index (κ1) is 16.8. The highest BCUT2D eigenvalue weighted by Gasteiger charge is 2.24. The van der Waals surface area contributed by atoms with Gasteiger partial charge in [-0.2, -0.15) is 0 Å². The Morgan fingerprint density at radius 2 is 1.88 bits per heavy atom. The van der Waals surface area contributed by atoms with E-state index in [2.05, 4.69) is 15.9 Å². The van der Waals surface area contributed by atoms with Crippen molar-refractivity contribution in [2.75, 3.05) is 0 Å². The van der Waals surface area contributed by atoms with Gasteiger partial charge < -0.3 is 5.73 Å². The molecule has 7 nitrogen and oxygen atoms in total. The number of rotatable bonds is 3. The molecule has 3 rings (SSSR count). The van der Waals surface area contributed by atoms with Gasteiger partial charge in [0.05, 0.1) is 20.5 Å². The SMILES string of the molecule is Cc1c(C(N)=O)c2ccccc2n1C(=O)c1ccc(Br)c([N+](=O)[O-])c1. The van der Waals surface area contributed by atoms with Crippen LogP contribution in [0.5, 0.6) is 0 Å². The van der Waals surface area contributed by atoms with Crippen molar-refractivity contribution in [1.82, 2.24) is 4.57 Å². The van der Waals surface area contributed by atoms with Crippen LogP contribution >= 0.6 is 15.9 Å². The molecule has 126 valence electrons. The molecule has 0 bridgehead atoms. The van der Waals surface area contributed by atoms with E-state index >= 15 is 0 Å². The number of hydrogen-bond donors (Lipinski definition) is 1. The maximum atomic E-state index is 13.0. The van der Waals surface area contributed by atoms with Gasteiger partial charge in [-0.15, -0.1) is 0 Å². The average molecular weight is 402 g/mol. The van der Waals surface area contributed by atoms with Crippen molar-refractivity contribution in [3.8, 4) is 0 Å². The van der Waals surface area contributed by atoms with Crippen LogP contribution < -0.4 is 5.73 Å². The van der Waals surface area contributed by atoms with Crippen LogP contribution in [0.4, 0.5) is 5.69 Å². The van der Waals surface area contributed by atoms with Crippen LogP contribution in [0.2, 0.25) is 0 Å². The molecule has 0 fully saturated rings. The van der Waals surface area contributed by atoms with Gasteiger partial charge in [-0.25, -0.2) is 0 Å². The Morgan fingerprint density at radius 1 is 1.20 bits per heavy atom. The summed E-state index contributed by atoms with van der Waals surface area (Å²) < 4.78 is 1.63. The molecule has 0 aliphatic carbocycles. The van der Waals surface area contributed by atoms with E-state index < -0.39 is 16.7 Å². The lowest BCUT2D eigenvalue weighted by molar-refractivity contribution is -0.385. The summed E-state index contributed by atoms with van der Waals surface area (Å²) in [6, 6.07) is 11.0. The molecular formula is C17H12BrN3O4. The molecule has 2 N–H and O–H groups in total. The summed E-state index contributed by atoms with van der Waals surface area (Å²) >= 11 is 3.09. The monoisotopic (exact) mass is 401 g/mol. The smallest absolute Gasteiger partial charge is 0.284 e. The molecule has 0 aliphatic heterocycles. The number of nitrogens with zero attached hydrogens (tertiary/aromatic N) is 2. The fraction of sp³-hybridized carbons (Fsp3) is 0.0588. The van der Waals surface area contributed by atoms with Gasteiger partial charge >= 0.3 is 0 Å². The standard InChI is InChI=1S/C17H12BrN3O4/c1-9-15(16(19)22)11-4-2-3-5-13(11)20(9)17(23)10-6-7-12(18)14(8-10)21(24)25/h2-8H,1H3,(H2,19,22). The van der Waals surface area contributed by atoms with Crippen molar-refractivity contribution in [3.05, 3.63) is 73.9 Å². The largest absolute Gasteiger partial charge is 0.366 e. The third-order valence-electron chi connectivity index (χ3n) is 3.95. The average Bonchev–Trinajstić information content (AvgIpc) is 2.86. The number of aromatic nitrogens is 1. The number of benzene rings is 2. The summed E-state index contributed by atoms with van der Waals surface area (Å²) in [4.78, 5) is 35.3. The van der Waals surface area contributed by atoms with Crippen molar-refractivity contribution in [1.29, 1.82) is 0 Å². The summed E-state index contributed by atoms with van der Waals surface area (Å²) in [5.74, 6) is -1.11. The van der Waals surface area contributed by atoms with E-state index in [0.29, 0.717) is 16.6 Å². The van der Waals surface area contributed by atoms with Crippen LogP contribution in [-0.4, -0.2) is 21.3 Å². The van der Waals surface area contributed by atoms with Crippen LogP contribution in [0.1, 0.15) is 26.4 Å². The summed E-state index contributed by atoms with van der Waals surface area (Å²) in [6.45, 7) is 1.62. The van der Waals surface area contributed by atoms with Gasteiger partial charge in [0, 0.05) is 22.7 Å². The molecule has 0 atom stereocenters. The number of carbonyl (C=O) groups is 2. The number of nitrogens with two attached hydrogens (primary N) is 1. The molecule has 0 saturated carbocycles. The van der Waals surface area contributed by atoms with E-state index in [9.17, 15) is 19.7 Å². The van der Waals surface area contributed by atoms with E-state index in [1.807, 2.05) is 0 Å². The highest BCUT2D eigenvalue weighted by Crippen LogP contribution is 2.29. The first-order valence-corrected chi connectivity index (χ1v) is 8.00. The van der Waals surface area contributed by atoms with E-state index in [1.54, 1.807) is 31.2 Å². The highest BCUT2D eigenvalue weighted by molar-refractivity contribution is 9.10. The van der Waals surface area contributed by atoms with Gasteiger partial charge in [-0.05, 0) is 41.1 Å². The fourth-order valence-corrected chi connectivity index (χ4v) is 3.25. The Morgan fingerprint density at radius 3 is 2.52 bits per heavy atom. The Hall–Kier alpha value is -3.00. The van der Waals surface area contributed by atoms with E-state index in [-0.39, 0.29) is 21.3 Å². The second-order valence-corrected chi connectivity index (χ2v) is 6.26. The minimum absolute atomic E-state index is 0.134. The third kappa shape index (κ3) is 2.70. The molecule has 1 heterocycles. The summed E-state index contributed by atoms with van der Waals surface area (Å²) in [6.07, 6.45) is 0. The topological polar surface area (TPSA) is 108 Å². The second kappa shape index (κ2) is 6.14. The minimum Gasteiger partial charge on any atom is -0.366 e. The third-order valence-corrected chi connectivity index (χ3v) is 4.62. The summed E-state index contributed by atoms with van der Waals surface area (Å²) in [5, 5.41) is 11.7. The van der Waals surface area contributed by atoms with Gasteiger partial charge in [-0.3, -0.25) is 24.3 Å². The fourth-order valence-electron chi connectivity index (χ4n) is 2.85. The molecule has 3 aromatic rings. The number of nitro benzene ring substituents is 1. The zero-order valence-corrected chi connectivity index (χ0v) is 14.6. The van der Waals surface area contributed by atoms with E-state index in [0.717, 1.165) is 0 Å². The zero-order valence-electron chi connectivity index (χ0n) is 13.0. The first-order chi connectivity index (χ1) is 11.8. The molecule has 0 spiro atoms. The molecule has 0 saturated heterocycles. The van der Waals surface area contributed by atoms with Gasteiger partial charge in [-0.1, -0.05) is 18.2 Å². The van der Waals surface area contributed by atoms with E-state index in [1.165, 1.54) is 22.8 Å². The Labute approximate surface area is 150 Å². The number of halogens is 1. The maximum Gasteiger partial charge on any atom is 0.284 e. The van der Waals surface area contributed by atoms with Crippen LogP contribution in [-0.2, 0) is 0 Å². The van der Waals surface area contributed by atoms with E-state index in [4.69, 9.17) is 5.73 Å². The number of primary amides is 1. The van der Waals surface area contributed by atoms with Crippen molar-refractivity contribution in [2.45, 2.75) is 6.92 Å². The summed E-state index contributed by atoms with van der Waals surface area (Å²) in [7, 11) is 0. The zero-order chi connectivity index (χ0) is 18.3. The molecular weight excluding hydrogens is 390 g/mol. The quantitative estimate of drug-likeness (QED) is 0.535. The molecule has 0 radical (unpaired) electrons. The number of amides is 1.